The van der Waals surface area contributed by atoms with Crippen molar-refractivity contribution in [1.82, 2.24) is 25.0 Å². The van der Waals surface area contributed by atoms with Crippen LogP contribution in [0.4, 0.5) is 17.5 Å². The van der Waals surface area contributed by atoms with E-state index in [1.54, 1.807) is 12.4 Å². The molecular formula is C18H21N9O2. The Morgan fingerprint density at radius 2 is 2.10 bits per heavy atom. The lowest BCUT2D eigenvalue weighted by atomic mass is 10.1. The van der Waals surface area contributed by atoms with Crippen molar-refractivity contribution in [2.45, 2.75) is 18.5 Å². The summed E-state index contributed by atoms with van der Waals surface area (Å²) in [6.07, 6.45) is 5.31. The van der Waals surface area contributed by atoms with Gasteiger partial charge in [-0.1, -0.05) is 6.07 Å². The molecule has 0 bridgehead atoms. The fraction of sp³-hybridized carbons (Fsp3) is 0.278. The second-order valence-corrected chi connectivity index (χ2v) is 6.59. The van der Waals surface area contributed by atoms with Gasteiger partial charge in [0.1, 0.15) is 11.4 Å². The number of nitrogens with zero attached hydrogens (tertiary/aromatic N) is 5. The molecule has 2 aromatic heterocycles. The first-order valence-corrected chi connectivity index (χ1v) is 9.10. The Morgan fingerprint density at radius 3 is 2.86 bits per heavy atom. The number of primary amides is 1. The fourth-order valence-electron chi connectivity index (χ4n) is 2.99. The van der Waals surface area contributed by atoms with Crippen LogP contribution in [-0.2, 0) is 4.74 Å². The summed E-state index contributed by atoms with van der Waals surface area (Å²) in [6.45, 7) is 1.10. The third kappa shape index (κ3) is 4.31. The van der Waals surface area contributed by atoms with Crippen LogP contribution in [0.2, 0.25) is 0 Å². The first kappa shape index (κ1) is 18.8. The minimum absolute atomic E-state index is 0.0715. The summed E-state index contributed by atoms with van der Waals surface area (Å²) in [5, 5.41) is 14.5. The molecular weight excluding hydrogens is 374 g/mol. The van der Waals surface area contributed by atoms with E-state index in [1.807, 2.05) is 24.3 Å². The number of anilines is 3. The third-order valence-electron chi connectivity index (χ3n) is 4.54. The van der Waals surface area contributed by atoms with Crippen LogP contribution in [0, 0.1) is 0 Å². The molecule has 0 unspecified atom stereocenters. The van der Waals surface area contributed by atoms with Crippen LogP contribution >= 0.6 is 0 Å². The molecule has 0 spiro atoms. The van der Waals surface area contributed by atoms with Crippen molar-refractivity contribution in [2.24, 2.45) is 11.5 Å². The number of nitrogens with one attached hydrogen (secondary N) is 2. The highest BCUT2D eigenvalue weighted by Gasteiger charge is 2.23. The fourth-order valence-corrected chi connectivity index (χ4v) is 2.99. The van der Waals surface area contributed by atoms with Gasteiger partial charge in [0.2, 0.25) is 5.95 Å². The van der Waals surface area contributed by atoms with Crippen LogP contribution in [0.1, 0.15) is 16.8 Å². The van der Waals surface area contributed by atoms with Crippen LogP contribution in [0.5, 0.6) is 0 Å². The second kappa shape index (κ2) is 8.20. The van der Waals surface area contributed by atoms with Gasteiger partial charge in [0, 0.05) is 24.5 Å². The van der Waals surface area contributed by atoms with Crippen molar-refractivity contribution in [3.8, 4) is 5.69 Å². The SMILES string of the molecule is NC(=O)c1cnc(N[C@@H]2COCC[C@@H]2N)nc1Nc1cccc(-n2nccn2)c1. The maximum atomic E-state index is 11.8. The topological polar surface area (TPSA) is 159 Å². The van der Waals surface area contributed by atoms with Crippen molar-refractivity contribution >= 4 is 23.4 Å². The number of ether oxygens (including phenoxy) is 1. The molecule has 11 heteroatoms. The molecule has 4 rings (SSSR count). The molecule has 1 aliphatic heterocycles. The number of rotatable bonds is 6. The van der Waals surface area contributed by atoms with E-state index in [0.29, 0.717) is 24.8 Å². The van der Waals surface area contributed by atoms with Crippen molar-refractivity contribution in [3.63, 3.8) is 0 Å². The average Bonchev–Trinajstić information content (AvgIpc) is 3.25. The quantitative estimate of drug-likeness (QED) is 0.464. The lowest BCUT2D eigenvalue weighted by Gasteiger charge is -2.29. The van der Waals surface area contributed by atoms with E-state index in [2.05, 4.69) is 30.8 Å². The van der Waals surface area contributed by atoms with Gasteiger partial charge in [-0.2, -0.15) is 20.0 Å². The standard InChI is InChI=1S/C18H21N9O2/c19-14-4-7-29-10-15(14)25-18-21-9-13(16(20)28)17(26-18)24-11-2-1-3-12(8-11)27-22-5-6-23-27/h1-3,5-6,8-9,14-15H,4,7,10,19H2,(H2,20,28)(H2,21,24,25,26)/t14-,15+/m0/s1. The summed E-state index contributed by atoms with van der Waals surface area (Å²) in [7, 11) is 0. The van der Waals surface area contributed by atoms with Gasteiger partial charge in [-0.3, -0.25) is 4.79 Å². The predicted octanol–water partition coefficient (Wildman–Crippen LogP) is 0.428. The van der Waals surface area contributed by atoms with Gasteiger partial charge in [-0.05, 0) is 24.6 Å². The summed E-state index contributed by atoms with van der Waals surface area (Å²) in [5.74, 6) is -0.0270. The maximum Gasteiger partial charge on any atom is 0.254 e. The number of aromatic nitrogens is 5. The molecule has 0 saturated carbocycles. The number of benzene rings is 1. The Bertz CT molecular complexity index is 993. The van der Waals surface area contributed by atoms with Crippen molar-refractivity contribution < 1.29 is 9.53 Å². The van der Waals surface area contributed by atoms with E-state index >= 15 is 0 Å². The van der Waals surface area contributed by atoms with E-state index in [1.165, 1.54) is 11.0 Å². The molecule has 29 heavy (non-hydrogen) atoms. The number of carbonyl (C=O) groups excluding carboxylic acids is 1. The van der Waals surface area contributed by atoms with Gasteiger partial charge >= 0.3 is 0 Å². The normalized spacial score (nSPS) is 18.9. The van der Waals surface area contributed by atoms with Crippen molar-refractivity contribution in [2.75, 3.05) is 23.8 Å². The zero-order valence-electron chi connectivity index (χ0n) is 15.5. The molecule has 11 nitrogen and oxygen atoms in total. The highest BCUT2D eigenvalue weighted by Crippen LogP contribution is 2.22. The van der Waals surface area contributed by atoms with Crippen LogP contribution in [0.3, 0.4) is 0 Å². The Labute approximate surface area is 166 Å². The molecule has 1 aromatic carbocycles. The molecule has 3 aromatic rings. The molecule has 1 amide bonds. The summed E-state index contributed by atoms with van der Waals surface area (Å²) in [6, 6.07) is 7.16. The summed E-state index contributed by atoms with van der Waals surface area (Å²) in [5.41, 5.74) is 13.2. The molecule has 0 aliphatic carbocycles. The first-order chi connectivity index (χ1) is 14.1. The smallest absolute Gasteiger partial charge is 0.254 e. The summed E-state index contributed by atoms with van der Waals surface area (Å²) >= 11 is 0. The number of hydrogen-bond acceptors (Lipinski definition) is 9. The maximum absolute atomic E-state index is 11.8. The number of carbonyl (C=O) groups is 1. The van der Waals surface area contributed by atoms with E-state index < -0.39 is 5.91 Å². The molecule has 1 saturated heterocycles. The molecule has 150 valence electrons. The Morgan fingerprint density at radius 1 is 1.28 bits per heavy atom. The number of amides is 1. The van der Waals surface area contributed by atoms with Crippen LogP contribution < -0.4 is 22.1 Å². The van der Waals surface area contributed by atoms with Gasteiger partial charge < -0.3 is 26.8 Å². The van der Waals surface area contributed by atoms with Gasteiger partial charge in [0.15, 0.2) is 0 Å². The largest absolute Gasteiger partial charge is 0.379 e. The Hall–Kier alpha value is -3.57. The van der Waals surface area contributed by atoms with Gasteiger partial charge in [-0.15, -0.1) is 0 Å². The van der Waals surface area contributed by atoms with Crippen molar-refractivity contribution in [3.05, 3.63) is 48.4 Å². The lowest BCUT2D eigenvalue weighted by Crippen LogP contribution is -2.47. The summed E-state index contributed by atoms with van der Waals surface area (Å²) in [4.78, 5) is 21.9. The number of hydrogen-bond donors (Lipinski definition) is 4. The highest BCUT2D eigenvalue weighted by molar-refractivity contribution is 5.98. The molecule has 1 aliphatic rings. The Kier molecular flexibility index (Phi) is 5.31. The van der Waals surface area contributed by atoms with Gasteiger partial charge in [-0.25, -0.2) is 4.98 Å². The summed E-state index contributed by atoms with van der Waals surface area (Å²) < 4.78 is 5.46. The lowest BCUT2D eigenvalue weighted by molar-refractivity contribution is 0.0766. The molecule has 0 radical (unpaired) electrons. The van der Waals surface area contributed by atoms with E-state index in [-0.39, 0.29) is 23.5 Å². The van der Waals surface area contributed by atoms with E-state index in [9.17, 15) is 4.79 Å². The van der Waals surface area contributed by atoms with Crippen LogP contribution in [0.25, 0.3) is 5.69 Å². The van der Waals surface area contributed by atoms with Crippen LogP contribution in [-0.4, -0.2) is 56.2 Å². The molecule has 6 N–H and O–H groups in total. The minimum atomic E-state index is -0.637. The zero-order chi connectivity index (χ0) is 20.2. The molecule has 1 fully saturated rings. The van der Waals surface area contributed by atoms with E-state index in [0.717, 1.165) is 12.1 Å². The second-order valence-electron chi connectivity index (χ2n) is 6.59. The van der Waals surface area contributed by atoms with E-state index in [4.69, 9.17) is 16.2 Å². The number of nitrogens with two attached hydrogens (primary N) is 2. The highest BCUT2D eigenvalue weighted by atomic mass is 16.5. The monoisotopic (exact) mass is 395 g/mol. The van der Waals surface area contributed by atoms with Gasteiger partial charge in [0.05, 0.1) is 30.7 Å². The average molecular weight is 395 g/mol. The molecule has 2 atom stereocenters. The van der Waals surface area contributed by atoms with Crippen LogP contribution in [0.15, 0.2) is 42.9 Å². The molecule has 3 heterocycles. The minimum Gasteiger partial charge on any atom is -0.379 e. The zero-order valence-corrected chi connectivity index (χ0v) is 15.5. The first-order valence-electron chi connectivity index (χ1n) is 9.10. The van der Waals surface area contributed by atoms with Crippen molar-refractivity contribution in [1.29, 1.82) is 0 Å². The Balaban J connectivity index is 1.60. The predicted molar refractivity (Wildman–Crippen MR) is 106 cm³/mol. The van der Waals surface area contributed by atoms with Gasteiger partial charge in [0.25, 0.3) is 5.91 Å². The third-order valence-corrected chi connectivity index (χ3v) is 4.54.